The zero-order valence-corrected chi connectivity index (χ0v) is 14.9. The maximum absolute atomic E-state index is 6.26. The first-order chi connectivity index (χ1) is 9.51. The SMILES string of the molecule is CCOc1ccc(-c2nc(Br)sc2CC(C)C)cc1Cl. The standard InChI is InChI=1S/C15H17BrClNOS/c1-4-19-12-6-5-10(8-11(12)17)14-13(7-9(2)3)20-15(16)18-14/h5-6,8-9H,4,7H2,1-3H3. The molecule has 0 amide bonds. The molecule has 108 valence electrons. The van der Waals surface area contributed by atoms with Crippen molar-refractivity contribution < 1.29 is 4.74 Å². The third kappa shape index (κ3) is 3.74. The van der Waals surface area contributed by atoms with Gasteiger partial charge in [0.15, 0.2) is 3.92 Å². The molecule has 2 nitrogen and oxygen atoms in total. The minimum absolute atomic E-state index is 0.597. The van der Waals surface area contributed by atoms with Crippen LogP contribution in [0.4, 0.5) is 0 Å². The van der Waals surface area contributed by atoms with Gasteiger partial charge in [-0.2, -0.15) is 0 Å². The van der Waals surface area contributed by atoms with Crippen molar-refractivity contribution >= 4 is 38.9 Å². The van der Waals surface area contributed by atoms with Crippen LogP contribution in [0.3, 0.4) is 0 Å². The monoisotopic (exact) mass is 373 g/mol. The summed E-state index contributed by atoms with van der Waals surface area (Å²) >= 11 is 11.4. The summed E-state index contributed by atoms with van der Waals surface area (Å²) in [4.78, 5) is 5.87. The van der Waals surface area contributed by atoms with E-state index in [-0.39, 0.29) is 0 Å². The van der Waals surface area contributed by atoms with Crippen molar-refractivity contribution in [1.29, 1.82) is 0 Å². The number of nitrogens with zero attached hydrogens (tertiary/aromatic N) is 1. The number of rotatable bonds is 5. The van der Waals surface area contributed by atoms with Crippen LogP contribution in [0, 0.1) is 5.92 Å². The predicted octanol–water partition coefficient (Wildman–Crippen LogP) is 5.82. The van der Waals surface area contributed by atoms with Crippen molar-refractivity contribution in [2.75, 3.05) is 6.61 Å². The number of aromatic nitrogens is 1. The molecule has 0 saturated carbocycles. The average molecular weight is 375 g/mol. The summed E-state index contributed by atoms with van der Waals surface area (Å²) in [6, 6.07) is 5.85. The molecule has 0 atom stereocenters. The van der Waals surface area contributed by atoms with E-state index in [1.54, 1.807) is 11.3 Å². The van der Waals surface area contributed by atoms with E-state index in [9.17, 15) is 0 Å². The van der Waals surface area contributed by atoms with Gasteiger partial charge in [-0.1, -0.05) is 25.4 Å². The van der Waals surface area contributed by atoms with E-state index in [0.717, 1.165) is 27.3 Å². The quantitative estimate of drug-likeness (QED) is 0.657. The van der Waals surface area contributed by atoms with Crippen LogP contribution in [-0.4, -0.2) is 11.6 Å². The molecule has 0 aliphatic rings. The lowest BCUT2D eigenvalue weighted by molar-refractivity contribution is 0.340. The van der Waals surface area contributed by atoms with Gasteiger partial charge >= 0.3 is 0 Å². The topological polar surface area (TPSA) is 22.1 Å². The Bertz CT molecular complexity index is 598. The summed E-state index contributed by atoms with van der Waals surface area (Å²) in [5, 5.41) is 0.629. The molecule has 0 fully saturated rings. The zero-order valence-electron chi connectivity index (χ0n) is 11.7. The number of hydrogen-bond donors (Lipinski definition) is 0. The highest BCUT2D eigenvalue weighted by atomic mass is 79.9. The van der Waals surface area contributed by atoms with Crippen LogP contribution >= 0.6 is 38.9 Å². The fourth-order valence-corrected chi connectivity index (χ4v) is 3.99. The first kappa shape index (κ1) is 15.8. The van der Waals surface area contributed by atoms with Gasteiger partial charge < -0.3 is 4.74 Å². The van der Waals surface area contributed by atoms with Crippen molar-refractivity contribution in [3.05, 3.63) is 32.0 Å². The minimum Gasteiger partial charge on any atom is -0.492 e. The van der Waals surface area contributed by atoms with Gasteiger partial charge in [0.1, 0.15) is 5.75 Å². The molecule has 0 aliphatic heterocycles. The Labute approximate surface area is 137 Å². The van der Waals surface area contributed by atoms with Crippen molar-refractivity contribution in [2.45, 2.75) is 27.2 Å². The molecule has 0 unspecified atom stereocenters. The largest absolute Gasteiger partial charge is 0.492 e. The second-order valence-corrected chi connectivity index (χ2v) is 7.68. The molecule has 2 rings (SSSR count). The van der Waals surface area contributed by atoms with Gasteiger partial charge in [-0.15, -0.1) is 11.3 Å². The lowest BCUT2D eigenvalue weighted by atomic mass is 10.0. The van der Waals surface area contributed by atoms with E-state index < -0.39 is 0 Å². The third-order valence-electron chi connectivity index (χ3n) is 2.77. The summed E-state index contributed by atoms with van der Waals surface area (Å²) in [5.41, 5.74) is 2.05. The van der Waals surface area contributed by atoms with E-state index in [2.05, 4.69) is 34.8 Å². The molecular formula is C15H17BrClNOS. The molecule has 0 bridgehead atoms. The Kier molecular flexibility index (Phi) is 5.47. The van der Waals surface area contributed by atoms with Gasteiger partial charge in [-0.05, 0) is 53.4 Å². The van der Waals surface area contributed by atoms with Gasteiger partial charge in [0.25, 0.3) is 0 Å². The number of hydrogen-bond acceptors (Lipinski definition) is 3. The fraction of sp³-hybridized carbons (Fsp3) is 0.400. The van der Waals surface area contributed by atoms with E-state index in [1.165, 1.54) is 4.88 Å². The molecule has 0 aliphatic carbocycles. The average Bonchev–Trinajstić information content (AvgIpc) is 2.72. The van der Waals surface area contributed by atoms with Crippen LogP contribution < -0.4 is 4.74 Å². The van der Waals surface area contributed by atoms with Crippen molar-refractivity contribution in [3.63, 3.8) is 0 Å². The van der Waals surface area contributed by atoms with E-state index in [0.29, 0.717) is 17.5 Å². The summed E-state index contributed by atoms with van der Waals surface area (Å²) in [7, 11) is 0. The summed E-state index contributed by atoms with van der Waals surface area (Å²) < 4.78 is 6.38. The Morgan fingerprint density at radius 2 is 2.15 bits per heavy atom. The lowest BCUT2D eigenvalue weighted by Crippen LogP contribution is -1.95. The maximum Gasteiger partial charge on any atom is 0.160 e. The molecule has 0 radical (unpaired) electrons. The van der Waals surface area contributed by atoms with Gasteiger partial charge in [0.2, 0.25) is 0 Å². The maximum atomic E-state index is 6.26. The number of ether oxygens (including phenoxy) is 1. The predicted molar refractivity (Wildman–Crippen MR) is 90.0 cm³/mol. The van der Waals surface area contributed by atoms with Crippen LogP contribution in [-0.2, 0) is 6.42 Å². The first-order valence-electron chi connectivity index (χ1n) is 6.59. The molecular weight excluding hydrogens is 358 g/mol. The molecule has 1 aromatic carbocycles. The smallest absolute Gasteiger partial charge is 0.160 e. The minimum atomic E-state index is 0.597. The van der Waals surface area contributed by atoms with E-state index >= 15 is 0 Å². The number of thiazole rings is 1. The van der Waals surface area contributed by atoms with E-state index in [4.69, 9.17) is 16.3 Å². The normalized spacial score (nSPS) is 11.1. The van der Waals surface area contributed by atoms with Crippen LogP contribution in [0.1, 0.15) is 25.6 Å². The highest BCUT2D eigenvalue weighted by Crippen LogP contribution is 2.36. The molecule has 1 heterocycles. The first-order valence-corrected chi connectivity index (χ1v) is 8.58. The molecule has 1 aromatic heterocycles. The summed E-state index contributed by atoms with van der Waals surface area (Å²) in [5.74, 6) is 1.32. The molecule has 0 saturated heterocycles. The van der Waals surface area contributed by atoms with Crippen LogP contribution in [0.2, 0.25) is 5.02 Å². The fourth-order valence-electron chi connectivity index (χ4n) is 1.98. The summed E-state index contributed by atoms with van der Waals surface area (Å²) in [6.07, 6.45) is 1.02. The highest BCUT2D eigenvalue weighted by Gasteiger charge is 2.14. The van der Waals surface area contributed by atoms with Crippen molar-refractivity contribution in [2.24, 2.45) is 5.92 Å². The van der Waals surface area contributed by atoms with Crippen LogP contribution in [0.25, 0.3) is 11.3 Å². The molecule has 0 N–H and O–H groups in total. The molecule has 2 aromatic rings. The molecule has 5 heteroatoms. The van der Waals surface area contributed by atoms with Gasteiger partial charge in [0, 0.05) is 10.4 Å². The van der Waals surface area contributed by atoms with Crippen LogP contribution in [0.15, 0.2) is 22.1 Å². The van der Waals surface area contributed by atoms with Gasteiger partial charge in [-0.25, -0.2) is 4.98 Å². The number of halogens is 2. The lowest BCUT2D eigenvalue weighted by Gasteiger charge is -2.08. The van der Waals surface area contributed by atoms with Crippen molar-refractivity contribution in [1.82, 2.24) is 4.98 Å². The zero-order chi connectivity index (χ0) is 14.7. The Morgan fingerprint density at radius 3 is 2.75 bits per heavy atom. The third-order valence-corrected chi connectivity index (χ3v) is 4.59. The Morgan fingerprint density at radius 1 is 1.40 bits per heavy atom. The van der Waals surface area contributed by atoms with Crippen molar-refractivity contribution in [3.8, 4) is 17.0 Å². The Hall–Kier alpha value is -0.580. The number of benzene rings is 1. The summed E-state index contributed by atoms with van der Waals surface area (Å²) in [6.45, 7) is 6.98. The second-order valence-electron chi connectivity index (χ2n) is 4.91. The van der Waals surface area contributed by atoms with E-state index in [1.807, 2.05) is 25.1 Å². The molecule has 20 heavy (non-hydrogen) atoms. The highest BCUT2D eigenvalue weighted by molar-refractivity contribution is 9.11. The Balaban J connectivity index is 2.38. The van der Waals surface area contributed by atoms with Crippen LogP contribution in [0.5, 0.6) is 5.75 Å². The van der Waals surface area contributed by atoms with Gasteiger partial charge in [-0.3, -0.25) is 0 Å². The van der Waals surface area contributed by atoms with Gasteiger partial charge in [0.05, 0.1) is 17.3 Å². The molecule has 0 spiro atoms. The second kappa shape index (κ2) is 6.92.